The first-order valence-corrected chi connectivity index (χ1v) is 6.91. The van der Waals surface area contributed by atoms with Crippen LogP contribution in [0.25, 0.3) is 0 Å². The molecule has 0 aliphatic heterocycles. The van der Waals surface area contributed by atoms with Crippen LogP contribution in [-0.4, -0.2) is 11.9 Å². The lowest BCUT2D eigenvalue weighted by molar-refractivity contribution is 0.118. The van der Waals surface area contributed by atoms with E-state index in [-0.39, 0.29) is 0 Å². The third-order valence-electron chi connectivity index (χ3n) is 1.83. The van der Waals surface area contributed by atoms with Gasteiger partial charge in [0.2, 0.25) is 0 Å². The van der Waals surface area contributed by atoms with Crippen LogP contribution in [0.3, 0.4) is 0 Å². The Morgan fingerprint density at radius 1 is 1.29 bits per heavy atom. The average molecular weight is 369 g/mol. The van der Waals surface area contributed by atoms with E-state index >= 15 is 0 Å². The largest absolute Gasteiger partial charge is 0.377 e. The number of halogens is 2. The van der Waals surface area contributed by atoms with E-state index in [4.69, 9.17) is 4.74 Å². The lowest BCUT2D eigenvalue weighted by atomic mass is 10.2. The normalized spacial score (nSPS) is 10.4. The number of hydrogen-bond donors (Lipinski definition) is 0. The highest BCUT2D eigenvalue weighted by Gasteiger charge is 1.94. The number of ether oxygens (including phenoxy) is 1. The molecule has 0 amide bonds. The van der Waals surface area contributed by atoms with Gasteiger partial charge in [-0.15, -0.1) is 0 Å². The molecule has 0 aromatic heterocycles. The molecule has 0 aliphatic rings. The van der Waals surface area contributed by atoms with E-state index in [1.54, 1.807) is 0 Å². The molecule has 0 bridgehead atoms. The van der Waals surface area contributed by atoms with E-state index in [0.29, 0.717) is 0 Å². The quantitative estimate of drug-likeness (QED) is 0.419. The van der Waals surface area contributed by atoms with E-state index in [1.165, 1.54) is 15.6 Å². The van der Waals surface area contributed by atoms with Crippen molar-refractivity contribution in [2.45, 2.75) is 19.4 Å². The van der Waals surface area contributed by atoms with Crippen LogP contribution in [0.4, 0.5) is 0 Å². The minimum Gasteiger partial charge on any atom is -0.377 e. The zero-order valence-corrected chi connectivity index (χ0v) is 11.8. The summed E-state index contributed by atoms with van der Waals surface area (Å²) in [7, 11) is 0. The first-order chi connectivity index (χ1) is 6.83. The highest BCUT2D eigenvalue weighted by molar-refractivity contribution is 14.1. The maximum atomic E-state index is 5.55. The molecule has 0 unspecified atom stereocenters. The minimum atomic E-state index is 0.735. The fraction of sp³-hybridized carbons (Fsp3) is 0.455. The standard InChI is InChI=1S/C11H14BrIO/c12-6-1-2-7-14-9-10-4-3-5-11(13)8-10/h3-5,8H,1-2,6-7,9H2. The maximum Gasteiger partial charge on any atom is 0.0717 e. The lowest BCUT2D eigenvalue weighted by Crippen LogP contribution is -1.96. The molecule has 0 aliphatic carbocycles. The molecule has 0 radical (unpaired) electrons. The SMILES string of the molecule is BrCCCCOCc1cccc(I)c1. The molecule has 14 heavy (non-hydrogen) atoms. The van der Waals surface area contributed by atoms with Gasteiger partial charge >= 0.3 is 0 Å². The van der Waals surface area contributed by atoms with Crippen molar-refractivity contribution >= 4 is 38.5 Å². The Kier molecular flexibility index (Phi) is 6.81. The van der Waals surface area contributed by atoms with Gasteiger partial charge in [0.1, 0.15) is 0 Å². The molecule has 0 spiro atoms. The third kappa shape index (κ3) is 5.32. The Balaban J connectivity index is 2.18. The summed E-state index contributed by atoms with van der Waals surface area (Å²) in [5.41, 5.74) is 1.26. The molecule has 78 valence electrons. The maximum absolute atomic E-state index is 5.55. The number of rotatable bonds is 6. The average Bonchev–Trinajstić information content (AvgIpc) is 2.18. The molecule has 0 atom stereocenters. The highest BCUT2D eigenvalue weighted by atomic mass is 127. The molecule has 0 N–H and O–H groups in total. The van der Waals surface area contributed by atoms with Gasteiger partial charge in [0, 0.05) is 15.5 Å². The van der Waals surface area contributed by atoms with Crippen LogP contribution in [0.15, 0.2) is 24.3 Å². The van der Waals surface area contributed by atoms with E-state index in [1.807, 2.05) is 0 Å². The monoisotopic (exact) mass is 368 g/mol. The second-order valence-corrected chi connectivity index (χ2v) is 5.12. The van der Waals surface area contributed by atoms with Gasteiger partial charge in [0.15, 0.2) is 0 Å². The predicted molar refractivity (Wildman–Crippen MR) is 71.8 cm³/mol. The van der Waals surface area contributed by atoms with Crippen LogP contribution in [0.2, 0.25) is 0 Å². The molecular weight excluding hydrogens is 355 g/mol. The van der Waals surface area contributed by atoms with Gasteiger partial charge in [0.05, 0.1) is 6.61 Å². The Bertz CT molecular complexity index is 265. The van der Waals surface area contributed by atoms with Crippen LogP contribution < -0.4 is 0 Å². The van der Waals surface area contributed by atoms with Crippen molar-refractivity contribution in [3.8, 4) is 0 Å². The van der Waals surface area contributed by atoms with Crippen LogP contribution in [0.1, 0.15) is 18.4 Å². The van der Waals surface area contributed by atoms with Crippen LogP contribution in [-0.2, 0) is 11.3 Å². The van der Waals surface area contributed by atoms with Crippen molar-refractivity contribution < 1.29 is 4.74 Å². The molecule has 1 rings (SSSR count). The number of benzene rings is 1. The highest BCUT2D eigenvalue weighted by Crippen LogP contribution is 2.09. The lowest BCUT2D eigenvalue weighted by Gasteiger charge is -2.03. The third-order valence-corrected chi connectivity index (χ3v) is 3.06. The summed E-state index contributed by atoms with van der Waals surface area (Å²) in [5.74, 6) is 0. The summed E-state index contributed by atoms with van der Waals surface area (Å²) < 4.78 is 6.82. The van der Waals surface area contributed by atoms with Gasteiger partial charge in [-0.25, -0.2) is 0 Å². The fourth-order valence-corrected chi connectivity index (χ4v) is 2.12. The van der Waals surface area contributed by atoms with Crippen molar-refractivity contribution in [2.24, 2.45) is 0 Å². The fourth-order valence-electron chi connectivity index (χ4n) is 1.12. The first kappa shape index (κ1) is 12.5. The zero-order chi connectivity index (χ0) is 10.2. The first-order valence-electron chi connectivity index (χ1n) is 4.71. The van der Waals surface area contributed by atoms with Gasteiger partial charge in [-0.2, -0.15) is 0 Å². The Morgan fingerprint density at radius 2 is 2.14 bits per heavy atom. The molecule has 0 fully saturated rings. The van der Waals surface area contributed by atoms with Crippen LogP contribution >= 0.6 is 38.5 Å². The van der Waals surface area contributed by atoms with Gasteiger partial charge in [-0.1, -0.05) is 28.1 Å². The molecular formula is C11H14BrIO. The van der Waals surface area contributed by atoms with Gasteiger partial charge in [-0.05, 0) is 53.1 Å². The Morgan fingerprint density at radius 3 is 2.86 bits per heavy atom. The molecule has 3 heteroatoms. The summed E-state index contributed by atoms with van der Waals surface area (Å²) in [6, 6.07) is 8.42. The number of unbranched alkanes of at least 4 members (excludes halogenated alkanes) is 1. The van der Waals surface area contributed by atoms with Crippen LogP contribution in [0, 0.1) is 3.57 Å². The van der Waals surface area contributed by atoms with Crippen molar-refractivity contribution in [3.05, 3.63) is 33.4 Å². The Hall–Kier alpha value is 0.390. The molecule has 1 aromatic carbocycles. The van der Waals surface area contributed by atoms with Crippen molar-refractivity contribution in [2.75, 3.05) is 11.9 Å². The molecule has 1 aromatic rings. The smallest absolute Gasteiger partial charge is 0.0717 e. The van der Waals surface area contributed by atoms with Crippen molar-refractivity contribution in [3.63, 3.8) is 0 Å². The number of hydrogen-bond acceptors (Lipinski definition) is 1. The molecule has 0 heterocycles. The van der Waals surface area contributed by atoms with Crippen molar-refractivity contribution in [1.29, 1.82) is 0 Å². The van der Waals surface area contributed by atoms with E-state index < -0.39 is 0 Å². The molecule has 1 nitrogen and oxygen atoms in total. The van der Waals surface area contributed by atoms with Gasteiger partial charge in [0.25, 0.3) is 0 Å². The second-order valence-electron chi connectivity index (χ2n) is 3.08. The van der Waals surface area contributed by atoms with E-state index in [2.05, 4.69) is 62.8 Å². The molecule has 0 saturated heterocycles. The summed E-state index contributed by atoms with van der Waals surface area (Å²) in [4.78, 5) is 0. The predicted octanol–water partition coefficient (Wildman–Crippen LogP) is 3.98. The second kappa shape index (κ2) is 7.65. The zero-order valence-electron chi connectivity index (χ0n) is 8.01. The molecule has 0 saturated carbocycles. The summed E-state index contributed by atoms with van der Waals surface area (Å²) in [6.45, 7) is 1.59. The van der Waals surface area contributed by atoms with Gasteiger partial charge < -0.3 is 4.74 Å². The minimum absolute atomic E-state index is 0.735. The van der Waals surface area contributed by atoms with Gasteiger partial charge in [-0.3, -0.25) is 0 Å². The number of alkyl halides is 1. The van der Waals surface area contributed by atoms with E-state index in [0.717, 1.165) is 25.0 Å². The summed E-state index contributed by atoms with van der Waals surface area (Å²) in [5, 5.41) is 1.07. The van der Waals surface area contributed by atoms with Crippen LogP contribution in [0.5, 0.6) is 0 Å². The topological polar surface area (TPSA) is 9.23 Å². The van der Waals surface area contributed by atoms with Crippen molar-refractivity contribution in [1.82, 2.24) is 0 Å². The summed E-state index contributed by atoms with van der Waals surface area (Å²) >= 11 is 5.72. The summed E-state index contributed by atoms with van der Waals surface area (Å²) in [6.07, 6.45) is 2.32. The van der Waals surface area contributed by atoms with E-state index in [9.17, 15) is 0 Å². The Labute approximate surface area is 107 Å².